The molecule has 2 heterocycles. The molecule has 1 aliphatic rings. The van der Waals surface area contributed by atoms with Gasteiger partial charge in [-0.25, -0.2) is 9.97 Å². The predicted molar refractivity (Wildman–Crippen MR) is 73.1 cm³/mol. The average Bonchev–Trinajstić information content (AvgIpc) is 2.76. The van der Waals surface area contributed by atoms with Gasteiger partial charge in [0.1, 0.15) is 17.0 Å². The summed E-state index contributed by atoms with van der Waals surface area (Å²) in [7, 11) is 1.77. The highest BCUT2D eigenvalue weighted by atomic mass is 32.1. The van der Waals surface area contributed by atoms with Gasteiger partial charge in [0.05, 0.1) is 5.39 Å². The van der Waals surface area contributed by atoms with E-state index >= 15 is 0 Å². The quantitative estimate of drug-likeness (QED) is 0.792. The molecule has 0 fully saturated rings. The maximum absolute atomic E-state index is 11.5. The Bertz CT molecular complexity index is 620. The molecule has 3 rings (SSSR count). The molecule has 0 spiro atoms. The second-order valence-corrected chi connectivity index (χ2v) is 5.75. The van der Waals surface area contributed by atoms with Gasteiger partial charge in [0, 0.05) is 18.8 Å². The molecule has 0 aliphatic heterocycles. The molecule has 0 N–H and O–H groups in total. The number of nitrogens with zero attached hydrogens (tertiary/aromatic N) is 3. The third-order valence-corrected chi connectivity index (χ3v) is 4.72. The van der Waals surface area contributed by atoms with Crippen molar-refractivity contribution in [2.75, 3.05) is 11.9 Å². The van der Waals surface area contributed by atoms with Gasteiger partial charge in [0.2, 0.25) is 5.91 Å². The minimum atomic E-state index is 0.00533. The van der Waals surface area contributed by atoms with Crippen molar-refractivity contribution in [3.8, 4) is 0 Å². The third-order valence-electron chi connectivity index (χ3n) is 3.52. The lowest BCUT2D eigenvalue weighted by Gasteiger charge is -2.16. The van der Waals surface area contributed by atoms with Crippen LogP contribution < -0.4 is 4.90 Å². The van der Waals surface area contributed by atoms with Crippen LogP contribution in [0.4, 0.5) is 5.82 Å². The lowest BCUT2D eigenvalue weighted by atomic mass is 9.97. The van der Waals surface area contributed by atoms with Crippen LogP contribution in [0, 0.1) is 0 Å². The normalized spacial score (nSPS) is 14.6. The van der Waals surface area contributed by atoms with Crippen LogP contribution in [0.2, 0.25) is 0 Å². The first-order chi connectivity index (χ1) is 8.68. The van der Waals surface area contributed by atoms with Gasteiger partial charge >= 0.3 is 0 Å². The van der Waals surface area contributed by atoms with Gasteiger partial charge < -0.3 is 0 Å². The maximum atomic E-state index is 11.5. The number of amides is 1. The minimum absolute atomic E-state index is 0.00533. The van der Waals surface area contributed by atoms with E-state index in [1.807, 2.05) is 0 Å². The molecule has 0 unspecified atom stereocenters. The Labute approximate surface area is 110 Å². The molecule has 1 amide bonds. The maximum Gasteiger partial charge on any atom is 0.224 e. The molecule has 18 heavy (non-hydrogen) atoms. The van der Waals surface area contributed by atoms with Gasteiger partial charge in [-0.1, -0.05) is 0 Å². The van der Waals surface area contributed by atoms with E-state index in [-0.39, 0.29) is 5.91 Å². The Morgan fingerprint density at radius 1 is 1.33 bits per heavy atom. The highest BCUT2D eigenvalue weighted by Gasteiger charge is 2.22. The van der Waals surface area contributed by atoms with Crippen molar-refractivity contribution in [1.29, 1.82) is 0 Å². The number of hydrogen-bond donors (Lipinski definition) is 0. The van der Waals surface area contributed by atoms with Crippen molar-refractivity contribution in [2.24, 2.45) is 0 Å². The Morgan fingerprint density at radius 3 is 2.89 bits per heavy atom. The molecule has 1 aliphatic carbocycles. The Kier molecular flexibility index (Phi) is 2.78. The van der Waals surface area contributed by atoms with Crippen LogP contribution >= 0.6 is 11.3 Å². The summed E-state index contributed by atoms with van der Waals surface area (Å²) >= 11 is 1.75. The zero-order valence-electron chi connectivity index (χ0n) is 10.6. The number of aromatic nitrogens is 2. The Morgan fingerprint density at radius 2 is 2.11 bits per heavy atom. The molecule has 94 valence electrons. The molecule has 0 bridgehead atoms. The molecule has 0 saturated carbocycles. The molecular weight excluding hydrogens is 246 g/mol. The zero-order chi connectivity index (χ0) is 12.7. The van der Waals surface area contributed by atoms with Crippen LogP contribution in [-0.4, -0.2) is 22.9 Å². The summed E-state index contributed by atoms with van der Waals surface area (Å²) in [5, 5.41) is 1.09. The Balaban J connectivity index is 2.26. The average molecular weight is 261 g/mol. The van der Waals surface area contributed by atoms with Crippen molar-refractivity contribution in [3.05, 3.63) is 16.8 Å². The smallest absolute Gasteiger partial charge is 0.224 e. The van der Waals surface area contributed by atoms with E-state index in [2.05, 4.69) is 9.97 Å². The monoisotopic (exact) mass is 261 g/mol. The number of thiophene rings is 1. The number of carbonyl (C=O) groups excluding carboxylic acids is 1. The summed E-state index contributed by atoms with van der Waals surface area (Å²) in [6, 6.07) is 0. The van der Waals surface area contributed by atoms with Crippen LogP contribution in [-0.2, 0) is 17.6 Å². The lowest BCUT2D eigenvalue weighted by Crippen LogP contribution is -2.24. The van der Waals surface area contributed by atoms with Crippen molar-refractivity contribution < 1.29 is 4.79 Å². The highest BCUT2D eigenvalue weighted by molar-refractivity contribution is 7.19. The fourth-order valence-electron chi connectivity index (χ4n) is 2.48. The number of carbonyl (C=O) groups is 1. The largest absolute Gasteiger partial charge is 0.300 e. The van der Waals surface area contributed by atoms with Gasteiger partial charge in [-0.15, -0.1) is 11.3 Å². The number of anilines is 1. The molecule has 0 aromatic carbocycles. The Hall–Kier alpha value is -1.49. The van der Waals surface area contributed by atoms with Gasteiger partial charge in [-0.3, -0.25) is 9.69 Å². The van der Waals surface area contributed by atoms with Crippen LogP contribution in [0.3, 0.4) is 0 Å². The summed E-state index contributed by atoms with van der Waals surface area (Å²) < 4.78 is 0. The van der Waals surface area contributed by atoms with Crippen LogP contribution in [0.5, 0.6) is 0 Å². The van der Waals surface area contributed by atoms with E-state index in [0.717, 1.165) is 28.9 Å². The summed E-state index contributed by atoms with van der Waals surface area (Å²) in [6.45, 7) is 1.56. The number of hydrogen-bond acceptors (Lipinski definition) is 4. The number of rotatable bonds is 1. The fourth-order valence-corrected chi connectivity index (χ4v) is 3.70. The molecule has 2 aromatic rings. The molecule has 2 aromatic heterocycles. The van der Waals surface area contributed by atoms with E-state index in [4.69, 9.17) is 0 Å². The predicted octanol–water partition coefficient (Wildman–Crippen LogP) is 2.55. The van der Waals surface area contributed by atoms with E-state index in [1.165, 1.54) is 23.3 Å². The van der Waals surface area contributed by atoms with E-state index in [0.29, 0.717) is 0 Å². The SMILES string of the molecule is CC(=O)N(C)c1ncnc2sc3c(c12)CCCC3. The van der Waals surface area contributed by atoms with Crippen molar-refractivity contribution in [3.63, 3.8) is 0 Å². The second-order valence-electron chi connectivity index (χ2n) is 4.67. The van der Waals surface area contributed by atoms with E-state index in [9.17, 15) is 4.79 Å². The van der Waals surface area contributed by atoms with Crippen LogP contribution in [0.1, 0.15) is 30.2 Å². The lowest BCUT2D eigenvalue weighted by molar-refractivity contribution is -0.116. The molecule has 0 radical (unpaired) electrons. The van der Waals surface area contributed by atoms with E-state index in [1.54, 1.807) is 36.5 Å². The minimum Gasteiger partial charge on any atom is -0.300 e. The van der Waals surface area contributed by atoms with Crippen molar-refractivity contribution >= 4 is 33.3 Å². The first-order valence-electron chi connectivity index (χ1n) is 6.18. The van der Waals surface area contributed by atoms with Crippen molar-refractivity contribution in [1.82, 2.24) is 9.97 Å². The summed E-state index contributed by atoms with van der Waals surface area (Å²) in [5.41, 5.74) is 1.37. The number of aryl methyl sites for hydroxylation is 2. The summed E-state index contributed by atoms with van der Waals surface area (Å²) in [6.07, 6.45) is 6.25. The van der Waals surface area contributed by atoms with Gasteiger partial charge in [-0.05, 0) is 31.2 Å². The molecule has 5 heteroatoms. The molecule has 4 nitrogen and oxygen atoms in total. The summed E-state index contributed by atoms with van der Waals surface area (Å²) in [5.74, 6) is 0.762. The summed E-state index contributed by atoms with van der Waals surface area (Å²) in [4.78, 5) is 24.3. The zero-order valence-corrected chi connectivity index (χ0v) is 11.4. The fraction of sp³-hybridized carbons (Fsp3) is 0.462. The molecule has 0 saturated heterocycles. The first kappa shape index (κ1) is 11.6. The standard InChI is InChI=1S/C13H15N3OS/c1-8(17)16(2)12-11-9-5-3-4-6-10(9)18-13(11)15-7-14-12/h7H,3-6H2,1-2H3. The second kappa shape index (κ2) is 4.31. The van der Waals surface area contributed by atoms with Crippen LogP contribution in [0.25, 0.3) is 10.2 Å². The van der Waals surface area contributed by atoms with Gasteiger partial charge in [0.25, 0.3) is 0 Å². The van der Waals surface area contributed by atoms with E-state index < -0.39 is 0 Å². The topological polar surface area (TPSA) is 46.1 Å². The third kappa shape index (κ3) is 1.70. The highest BCUT2D eigenvalue weighted by Crippen LogP contribution is 2.38. The molecular formula is C13H15N3OS. The first-order valence-corrected chi connectivity index (χ1v) is 6.99. The van der Waals surface area contributed by atoms with Crippen molar-refractivity contribution in [2.45, 2.75) is 32.6 Å². The number of fused-ring (bicyclic) bond motifs is 3. The van der Waals surface area contributed by atoms with Crippen LogP contribution in [0.15, 0.2) is 6.33 Å². The van der Waals surface area contributed by atoms with Gasteiger partial charge in [0.15, 0.2) is 0 Å². The van der Waals surface area contributed by atoms with Gasteiger partial charge in [-0.2, -0.15) is 0 Å². The molecule has 0 atom stereocenters.